The standard InChI is InChI=1S/C20H22N2O6S/c1-4-27-20(24)14-8-7-9-15(13(14)2)21-19(23)18-12-22(29(3,25)26)16-10-5-6-11-17(16)28-18/h5-11,18H,4,12H2,1-3H3,(H,21,23)/t18-/m0/s1. The van der Waals surface area contributed by atoms with E-state index in [0.29, 0.717) is 28.3 Å². The van der Waals surface area contributed by atoms with Gasteiger partial charge in [-0.25, -0.2) is 13.2 Å². The quantitative estimate of drug-likeness (QED) is 0.748. The van der Waals surface area contributed by atoms with Crippen LogP contribution in [0.25, 0.3) is 0 Å². The van der Waals surface area contributed by atoms with E-state index in [-0.39, 0.29) is 13.2 Å². The molecule has 0 saturated carbocycles. The first-order valence-corrected chi connectivity index (χ1v) is 10.9. The fraction of sp³-hybridized carbons (Fsp3) is 0.300. The third kappa shape index (κ3) is 4.34. The molecule has 0 bridgehead atoms. The molecule has 8 nitrogen and oxygen atoms in total. The smallest absolute Gasteiger partial charge is 0.338 e. The van der Waals surface area contributed by atoms with Crippen molar-refractivity contribution in [1.29, 1.82) is 0 Å². The minimum atomic E-state index is -3.60. The fourth-order valence-corrected chi connectivity index (χ4v) is 3.98. The molecule has 0 unspecified atom stereocenters. The van der Waals surface area contributed by atoms with Crippen LogP contribution in [0.3, 0.4) is 0 Å². The number of fused-ring (bicyclic) bond motifs is 1. The number of hydrogen-bond acceptors (Lipinski definition) is 6. The molecule has 0 aromatic heterocycles. The lowest BCUT2D eigenvalue weighted by Crippen LogP contribution is -2.48. The van der Waals surface area contributed by atoms with Gasteiger partial charge in [-0.05, 0) is 43.7 Å². The van der Waals surface area contributed by atoms with Crippen LogP contribution in [-0.4, -0.2) is 45.8 Å². The van der Waals surface area contributed by atoms with Crippen molar-refractivity contribution in [2.24, 2.45) is 0 Å². The second-order valence-electron chi connectivity index (χ2n) is 6.56. The molecular formula is C20H22N2O6S. The van der Waals surface area contributed by atoms with Crippen LogP contribution < -0.4 is 14.4 Å². The predicted molar refractivity (Wildman–Crippen MR) is 109 cm³/mol. The fourth-order valence-electron chi connectivity index (χ4n) is 3.07. The first kappa shape index (κ1) is 20.7. The lowest BCUT2D eigenvalue weighted by molar-refractivity contribution is -0.122. The van der Waals surface area contributed by atoms with Gasteiger partial charge in [0, 0.05) is 5.69 Å². The largest absolute Gasteiger partial charge is 0.476 e. The lowest BCUT2D eigenvalue weighted by atomic mass is 10.1. The molecule has 154 valence electrons. The molecule has 1 aliphatic rings. The van der Waals surface area contributed by atoms with Crippen molar-refractivity contribution in [3.05, 3.63) is 53.6 Å². The summed E-state index contributed by atoms with van der Waals surface area (Å²) in [5.74, 6) is -0.689. The molecule has 1 N–H and O–H groups in total. The van der Waals surface area contributed by atoms with Crippen LogP contribution in [0, 0.1) is 6.92 Å². The van der Waals surface area contributed by atoms with Gasteiger partial charge in [0.25, 0.3) is 5.91 Å². The van der Waals surface area contributed by atoms with Crippen molar-refractivity contribution < 1.29 is 27.5 Å². The lowest BCUT2D eigenvalue weighted by Gasteiger charge is -2.33. The van der Waals surface area contributed by atoms with Gasteiger partial charge in [0.15, 0.2) is 6.10 Å². The number of esters is 1. The first-order valence-electron chi connectivity index (χ1n) is 9.03. The molecule has 1 atom stereocenters. The number of nitrogens with one attached hydrogen (secondary N) is 1. The van der Waals surface area contributed by atoms with Gasteiger partial charge in [0.1, 0.15) is 5.75 Å². The van der Waals surface area contributed by atoms with Crippen LogP contribution in [0.5, 0.6) is 5.75 Å². The summed E-state index contributed by atoms with van der Waals surface area (Å²) < 4.78 is 36.3. The van der Waals surface area contributed by atoms with Crippen molar-refractivity contribution in [2.45, 2.75) is 20.0 Å². The summed E-state index contributed by atoms with van der Waals surface area (Å²) in [7, 11) is -3.60. The molecule has 0 spiro atoms. The van der Waals surface area contributed by atoms with Crippen LogP contribution in [0.2, 0.25) is 0 Å². The maximum absolute atomic E-state index is 12.8. The van der Waals surface area contributed by atoms with E-state index in [2.05, 4.69) is 5.32 Å². The molecule has 1 aliphatic heterocycles. The van der Waals surface area contributed by atoms with Gasteiger partial charge in [-0.2, -0.15) is 0 Å². The zero-order chi connectivity index (χ0) is 21.2. The number of para-hydroxylation sites is 2. The van der Waals surface area contributed by atoms with Crippen molar-refractivity contribution in [3.8, 4) is 5.75 Å². The molecular weight excluding hydrogens is 396 g/mol. The van der Waals surface area contributed by atoms with E-state index in [1.54, 1.807) is 56.3 Å². The van der Waals surface area contributed by atoms with Gasteiger partial charge in [-0.1, -0.05) is 18.2 Å². The average molecular weight is 418 g/mol. The van der Waals surface area contributed by atoms with E-state index >= 15 is 0 Å². The number of benzene rings is 2. The highest BCUT2D eigenvalue weighted by Crippen LogP contribution is 2.35. The van der Waals surface area contributed by atoms with E-state index in [0.717, 1.165) is 10.6 Å². The van der Waals surface area contributed by atoms with E-state index in [4.69, 9.17) is 9.47 Å². The molecule has 0 radical (unpaired) electrons. The number of anilines is 2. The Kier molecular flexibility index (Phi) is 5.78. The zero-order valence-corrected chi connectivity index (χ0v) is 17.2. The summed E-state index contributed by atoms with van der Waals surface area (Å²) in [6, 6.07) is 11.5. The molecule has 1 heterocycles. The monoisotopic (exact) mass is 418 g/mol. The van der Waals surface area contributed by atoms with Crippen molar-refractivity contribution in [1.82, 2.24) is 0 Å². The summed E-state index contributed by atoms with van der Waals surface area (Å²) in [4.78, 5) is 24.9. The molecule has 1 amide bonds. The third-order valence-electron chi connectivity index (χ3n) is 4.51. The molecule has 0 aliphatic carbocycles. The van der Waals surface area contributed by atoms with E-state index in [1.807, 2.05) is 0 Å². The predicted octanol–water partition coefficient (Wildman–Crippen LogP) is 2.34. The van der Waals surface area contributed by atoms with Gasteiger partial charge in [-0.3, -0.25) is 9.10 Å². The van der Waals surface area contributed by atoms with E-state index < -0.39 is 28.0 Å². The Balaban J connectivity index is 1.85. The van der Waals surface area contributed by atoms with Crippen molar-refractivity contribution >= 4 is 33.3 Å². The third-order valence-corrected chi connectivity index (χ3v) is 5.66. The maximum Gasteiger partial charge on any atom is 0.338 e. The normalized spacial score (nSPS) is 15.8. The van der Waals surface area contributed by atoms with Gasteiger partial charge in [0.05, 0.1) is 30.7 Å². The molecule has 2 aromatic carbocycles. The number of carbonyl (C=O) groups excluding carboxylic acids is 2. The maximum atomic E-state index is 12.8. The highest BCUT2D eigenvalue weighted by molar-refractivity contribution is 7.92. The molecule has 29 heavy (non-hydrogen) atoms. The zero-order valence-electron chi connectivity index (χ0n) is 16.3. The number of nitrogens with zero attached hydrogens (tertiary/aromatic N) is 1. The number of rotatable bonds is 5. The number of hydrogen-bond donors (Lipinski definition) is 1. The van der Waals surface area contributed by atoms with Crippen LogP contribution in [0.4, 0.5) is 11.4 Å². The Morgan fingerprint density at radius 3 is 2.62 bits per heavy atom. The summed E-state index contributed by atoms with van der Waals surface area (Å²) in [6.45, 7) is 3.50. The Bertz CT molecular complexity index is 1050. The first-order chi connectivity index (χ1) is 13.7. The summed E-state index contributed by atoms with van der Waals surface area (Å²) >= 11 is 0. The molecule has 2 aromatic rings. The van der Waals surface area contributed by atoms with Crippen molar-refractivity contribution in [2.75, 3.05) is 29.0 Å². The minimum absolute atomic E-state index is 0.154. The van der Waals surface area contributed by atoms with Gasteiger partial charge in [0.2, 0.25) is 10.0 Å². The number of ether oxygens (including phenoxy) is 2. The Labute approximate surface area is 169 Å². The Morgan fingerprint density at radius 2 is 1.93 bits per heavy atom. The Hall–Kier alpha value is -3.07. The number of sulfonamides is 1. The highest BCUT2D eigenvalue weighted by atomic mass is 32.2. The van der Waals surface area contributed by atoms with Crippen LogP contribution in [0.15, 0.2) is 42.5 Å². The average Bonchev–Trinajstić information content (AvgIpc) is 2.68. The summed E-state index contributed by atoms with van der Waals surface area (Å²) in [6.07, 6.45) is 0.0297. The van der Waals surface area contributed by atoms with Crippen LogP contribution >= 0.6 is 0 Å². The van der Waals surface area contributed by atoms with Crippen molar-refractivity contribution in [3.63, 3.8) is 0 Å². The number of amides is 1. The summed E-state index contributed by atoms with van der Waals surface area (Å²) in [5.41, 5.74) is 1.71. The van der Waals surface area contributed by atoms with Gasteiger partial charge in [-0.15, -0.1) is 0 Å². The molecule has 0 saturated heterocycles. The molecule has 0 fully saturated rings. The SMILES string of the molecule is CCOC(=O)c1cccc(NC(=O)[C@@H]2CN(S(C)(=O)=O)c3ccccc3O2)c1C. The second kappa shape index (κ2) is 8.12. The minimum Gasteiger partial charge on any atom is -0.476 e. The second-order valence-corrected chi connectivity index (χ2v) is 8.46. The Morgan fingerprint density at radius 1 is 1.21 bits per heavy atom. The number of carbonyl (C=O) groups is 2. The topological polar surface area (TPSA) is 102 Å². The van der Waals surface area contributed by atoms with Crippen LogP contribution in [0.1, 0.15) is 22.8 Å². The molecule has 3 rings (SSSR count). The van der Waals surface area contributed by atoms with E-state index in [9.17, 15) is 18.0 Å². The van der Waals surface area contributed by atoms with Crippen LogP contribution in [-0.2, 0) is 19.6 Å². The van der Waals surface area contributed by atoms with E-state index in [1.165, 1.54) is 0 Å². The highest BCUT2D eigenvalue weighted by Gasteiger charge is 2.35. The van der Waals surface area contributed by atoms with Gasteiger partial charge < -0.3 is 14.8 Å². The van der Waals surface area contributed by atoms with Gasteiger partial charge >= 0.3 is 5.97 Å². The summed E-state index contributed by atoms with van der Waals surface area (Å²) in [5, 5.41) is 2.73. The molecule has 9 heteroatoms.